The molecule has 7 heteroatoms. The van der Waals surface area contributed by atoms with E-state index in [1.807, 2.05) is 13.0 Å². The van der Waals surface area contributed by atoms with Crippen molar-refractivity contribution in [3.63, 3.8) is 0 Å². The smallest absolute Gasteiger partial charge is 0.250 e. The Morgan fingerprint density at radius 2 is 1.96 bits per heavy atom. The molecule has 1 amide bonds. The van der Waals surface area contributed by atoms with Gasteiger partial charge < -0.3 is 10.4 Å². The molecular weight excluding hydrogens is 367 g/mol. The van der Waals surface area contributed by atoms with Crippen LogP contribution in [0.5, 0.6) is 5.75 Å². The number of anilines is 1. The Balaban J connectivity index is 1.96. The lowest BCUT2D eigenvalue weighted by molar-refractivity contribution is -0.115. The summed E-state index contributed by atoms with van der Waals surface area (Å²) >= 11 is 16.9. The number of phenols is 1. The monoisotopic (exact) mass is 380 g/mol. The molecule has 0 spiro atoms. The molecule has 0 atom stereocenters. The van der Waals surface area contributed by atoms with E-state index in [0.29, 0.717) is 21.3 Å². The molecule has 24 heavy (non-hydrogen) atoms. The van der Waals surface area contributed by atoms with Gasteiger partial charge in [-0.15, -0.1) is 0 Å². The van der Waals surface area contributed by atoms with Gasteiger partial charge in [0.2, 0.25) is 5.91 Å². The average molecular weight is 381 g/mol. The third kappa shape index (κ3) is 5.23. The van der Waals surface area contributed by atoms with Crippen molar-refractivity contribution in [3.05, 3.63) is 63.6 Å². The van der Waals surface area contributed by atoms with Crippen molar-refractivity contribution >= 4 is 58.2 Å². The Hall–Kier alpha value is -2.08. The number of carbonyl (C=O) groups excluding carboxylic acids is 1. The predicted molar refractivity (Wildman–Crippen MR) is 103 cm³/mol. The van der Waals surface area contributed by atoms with Crippen LogP contribution in [0.3, 0.4) is 0 Å². The van der Waals surface area contributed by atoms with Gasteiger partial charge in [-0.25, -0.2) is 0 Å². The number of hydrogen-bond donors (Lipinski definition) is 3. The predicted octanol–water partition coefficient (Wildman–Crippen LogP) is 4.53. The largest absolute Gasteiger partial charge is 0.506 e. The first-order valence-corrected chi connectivity index (χ1v) is 8.06. The number of rotatable bonds is 3. The first-order valence-electron chi connectivity index (χ1n) is 6.90. The fourth-order valence-corrected chi connectivity index (χ4v) is 2.54. The van der Waals surface area contributed by atoms with Gasteiger partial charge in [0, 0.05) is 16.1 Å². The Labute approximate surface area is 155 Å². The van der Waals surface area contributed by atoms with Gasteiger partial charge in [0.25, 0.3) is 0 Å². The first-order chi connectivity index (χ1) is 11.3. The second-order valence-electron chi connectivity index (χ2n) is 4.96. The molecule has 4 nitrogen and oxygen atoms in total. The second-order valence-corrected chi connectivity index (χ2v) is 6.22. The summed E-state index contributed by atoms with van der Waals surface area (Å²) in [5, 5.41) is 16.1. The van der Waals surface area contributed by atoms with Gasteiger partial charge in [-0.1, -0.05) is 35.3 Å². The number of aromatic hydroxyl groups is 1. The Morgan fingerprint density at radius 3 is 2.62 bits per heavy atom. The minimum Gasteiger partial charge on any atom is -0.506 e. The van der Waals surface area contributed by atoms with Crippen molar-refractivity contribution in [2.45, 2.75) is 6.92 Å². The zero-order chi connectivity index (χ0) is 17.7. The van der Waals surface area contributed by atoms with Crippen LogP contribution in [0.4, 0.5) is 5.69 Å². The van der Waals surface area contributed by atoms with Gasteiger partial charge in [-0.3, -0.25) is 10.1 Å². The zero-order valence-electron chi connectivity index (χ0n) is 12.6. The lowest BCUT2D eigenvalue weighted by Gasteiger charge is -2.10. The summed E-state index contributed by atoms with van der Waals surface area (Å²) in [4.78, 5) is 11.9. The number of carbonyl (C=O) groups is 1. The van der Waals surface area contributed by atoms with E-state index < -0.39 is 5.91 Å². The van der Waals surface area contributed by atoms with Crippen LogP contribution in [0.1, 0.15) is 11.1 Å². The van der Waals surface area contributed by atoms with Crippen molar-refractivity contribution in [1.82, 2.24) is 5.32 Å². The van der Waals surface area contributed by atoms with Crippen LogP contribution in [0.2, 0.25) is 10.0 Å². The molecule has 0 saturated heterocycles. The topological polar surface area (TPSA) is 61.4 Å². The van der Waals surface area contributed by atoms with Crippen LogP contribution in [-0.2, 0) is 4.79 Å². The van der Waals surface area contributed by atoms with Crippen molar-refractivity contribution in [3.8, 4) is 5.75 Å². The summed E-state index contributed by atoms with van der Waals surface area (Å²) in [7, 11) is 0. The van der Waals surface area contributed by atoms with Gasteiger partial charge in [0.1, 0.15) is 5.75 Å². The number of nitrogens with one attached hydrogen (secondary N) is 2. The molecule has 0 aliphatic heterocycles. The summed E-state index contributed by atoms with van der Waals surface area (Å²) in [6.07, 6.45) is 2.86. The molecular formula is C17H14Cl2N2O2S. The molecule has 124 valence electrons. The fourth-order valence-electron chi connectivity index (χ4n) is 1.86. The fraction of sp³-hybridized carbons (Fsp3) is 0.0588. The lowest BCUT2D eigenvalue weighted by atomic mass is 10.2. The SMILES string of the molecule is Cc1ccc(NC(=S)NC(=O)/C=C/c2ccc(Cl)cc2Cl)c(O)c1. The number of benzene rings is 2. The van der Waals surface area contributed by atoms with Gasteiger partial charge in [-0.05, 0) is 60.6 Å². The Morgan fingerprint density at radius 1 is 1.21 bits per heavy atom. The quantitative estimate of drug-likeness (QED) is 0.415. The van der Waals surface area contributed by atoms with E-state index in [0.717, 1.165) is 5.56 Å². The molecule has 3 N–H and O–H groups in total. The highest BCUT2D eigenvalue weighted by atomic mass is 35.5. The minimum atomic E-state index is -0.426. The van der Waals surface area contributed by atoms with Crippen molar-refractivity contribution in [2.24, 2.45) is 0 Å². The van der Waals surface area contributed by atoms with E-state index >= 15 is 0 Å². The summed E-state index contributed by atoms with van der Waals surface area (Å²) in [5.41, 5.74) is 1.98. The highest BCUT2D eigenvalue weighted by Crippen LogP contribution is 2.24. The molecule has 0 aliphatic carbocycles. The van der Waals surface area contributed by atoms with Crippen molar-refractivity contribution < 1.29 is 9.90 Å². The second kappa shape index (κ2) is 8.15. The van der Waals surface area contributed by atoms with Gasteiger partial charge >= 0.3 is 0 Å². The molecule has 0 fully saturated rings. The molecule has 2 aromatic rings. The molecule has 0 unspecified atom stereocenters. The van der Waals surface area contributed by atoms with E-state index in [4.69, 9.17) is 35.4 Å². The molecule has 0 heterocycles. The standard InChI is InChI=1S/C17H14Cl2N2O2S/c1-10-2-6-14(15(22)8-10)20-17(24)21-16(23)7-4-11-3-5-12(18)9-13(11)19/h2-9,22H,1H3,(H2,20,21,23,24)/b7-4+. The minimum absolute atomic E-state index is 0.0510. The van der Waals surface area contributed by atoms with Crippen molar-refractivity contribution in [1.29, 1.82) is 0 Å². The van der Waals surface area contributed by atoms with Gasteiger partial charge in [0.15, 0.2) is 5.11 Å². The van der Waals surface area contributed by atoms with Gasteiger partial charge in [0.05, 0.1) is 5.69 Å². The number of phenolic OH excluding ortho intramolecular Hbond substituents is 1. The maximum absolute atomic E-state index is 11.9. The van der Waals surface area contributed by atoms with Crippen LogP contribution in [0.15, 0.2) is 42.5 Å². The van der Waals surface area contributed by atoms with Crippen LogP contribution in [-0.4, -0.2) is 16.1 Å². The highest BCUT2D eigenvalue weighted by Gasteiger charge is 2.06. The number of hydrogen-bond acceptors (Lipinski definition) is 3. The molecule has 0 bridgehead atoms. The van der Waals surface area contributed by atoms with Gasteiger partial charge in [-0.2, -0.15) is 0 Å². The summed E-state index contributed by atoms with van der Waals surface area (Å²) in [6, 6.07) is 10.1. The Bertz CT molecular complexity index is 822. The maximum atomic E-state index is 11.9. The Kier molecular flexibility index (Phi) is 6.20. The molecule has 2 rings (SSSR count). The summed E-state index contributed by atoms with van der Waals surface area (Å²) in [6.45, 7) is 1.86. The van der Waals surface area contributed by atoms with Crippen LogP contribution in [0, 0.1) is 6.92 Å². The molecule has 0 radical (unpaired) electrons. The van der Waals surface area contributed by atoms with E-state index in [9.17, 15) is 9.90 Å². The maximum Gasteiger partial charge on any atom is 0.250 e. The number of aryl methyl sites for hydroxylation is 1. The normalized spacial score (nSPS) is 10.6. The number of thiocarbonyl (C=S) groups is 1. The molecule has 2 aromatic carbocycles. The molecule has 0 aliphatic rings. The third-order valence-electron chi connectivity index (χ3n) is 3.01. The average Bonchev–Trinajstić information content (AvgIpc) is 2.49. The first kappa shape index (κ1) is 18.3. The van der Waals surface area contributed by atoms with E-state index in [1.165, 1.54) is 6.08 Å². The van der Waals surface area contributed by atoms with E-state index in [2.05, 4.69) is 10.6 Å². The summed E-state index contributed by atoms with van der Waals surface area (Å²) < 4.78 is 0. The van der Waals surface area contributed by atoms with Crippen LogP contribution >= 0.6 is 35.4 Å². The lowest BCUT2D eigenvalue weighted by Crippen LogP contribution is -2.32. The van der Waals surface area contributed by atoms with Crippen LogP contribution in [0.25, 0.3) is 6.08 Å². The number of halogens is 2. The third-order valence-corrected chi connectivity index (χ3v) is 3.78. The van der Waals surface area contributed by atoms with E-state index in [-0.39, 0.29) is 10.9 Å². The highest BCUT2D eigenvalue weighted by molar-refractivity contribution is 7.80. The van der Waals surface area contributed by atoms with Crippen molar-refractivity contribution in [2.75, 3.05) is 5.32 Å². The van der Waals surface area contributed by atoms with E-state index in [1.54, 1.807) is 36.4 Å². The number of amides is 1. The summed E-state index contributed by atoms with van der Waals surface area (Å²) in [5.74, 6) is -0.375. The van der Waals surface area contributed by atoms with Crippen LogP contribution < -0.4 is 10.6 Å². The zero-order valence-corrected chi connectivity index (χ0v) is 15.0. The molecule has 0 aromatic heterocycles. The molecule has 0 saturated carbocycles.